The van der Waals surface area contributed by atoms with E-state index in [1.807, 2.05) is 78.0 Å². The van der Waals surface area contributed by atoms with Crippen LogP contribution in [0, 0.1) is 20.8 Å². The second-order valence-corrected chi connectivity index (χ2v) is 9.63. The van der Waals surface area contributed by atoms with Gasteiger partial charge in [-0.05, 0) is 62.2 Å². The number of para-hydroxylation sites is 1. The molecule has 1 aliphatic heterocycles. The summed E-state index contributed by atoms with van der Waals surface area (Å²) in [5.41, 5.74) is 8.00. The van der Waals surface area contributed by atoms with Crippen LogP contribution < -0.4 is 5.32 Å². The smallest absolute Gasteiger partial charge is 0.308 e. The van der Waals surface area contributed by atoms with Crippen molar-refractivity contribution >= 4 is 11.7 Å². The number of hydrogen-bond donors (Lipinski definition) is 1. The number of anilines is 1. The van der Waals surface area contributed by atoms with Gasteiger partial charge in [-0.15, -0.1) is 0 Å². The van der Waals surface area contributed by atoms with Crippen molar-refractivity contribution in [2.75, 3.05) is 5.32 Å². The molecule has 1 atom stereocenters. The number of rotatable bonds is 3. The summed E-state index contributed by atoms with van der Waals surface area (Å²) in [5.74, 6) is 0.964. The lowest BCUT2D eigenvalue weighted by Crippen LogP contribution is -2.38. The van der Waals surface area contributed by atoms with Gasteiger partial charge in [-0.1, -0.05) is 66.2 Å². The number of carbonyl (C=O) groups excluding carboxylic acids is 1. The van der Waals surface area contributed by atoms with Crippen molar-refractivity contribution in [2.45, 2.75) is 33.4 Å². The van der Waals surface area contributed by atoms with Crippen LogP contribution in [-0.4, -0.2) is 25.3 Å². The molecule has 0 saturated heterocycles. The summed E-state index contributed by atoms with van der Waals surface area (Å²) in [6.45, 7) is 6.52. The molecule has 0 bridgehead atoms. The first kappa shape index (κ1) is 22.9. The molecule has 6 rings (SSSR count). The van der Waals surface area contributed by atoms with Gasteiger partial charge >= 0.3 is 6.03 Å². The summed E-state index contributed by atoms with van der Waals surface area (Å²) in [7, 11) is 0. The normalized spacial score (nSPS) is 14.6. The molecule has 1 unspecified atom stereocenters. The molecule has 5 aromatic rings. The van der Waals surface area contributed by atoms with Crippen LogP contribution in [0.2, 0.25) is 0 Å². The predicted molar refractivity (Wildman–Crippen MR) is 146 cm³/mol. The van der Waals surface area contributed by atoms with E-state index in [9.17, 15) is 4.79 Å². The number of aryl methyl sites for hydroxylation is 3. The molecule has 6 heteroatoms. The van der Waals surface area contributed by atoms with Crippen LogP contribution in [0.25, 0.3) is 11.5 Å². The molecule has 3 aromatic carbocycles. The molecule has 1 aliphatic rings. The van der Waals surface area contributed by atoms with Crippen molar-refractivity contribution in [3.63, 3.8) is 0 Å². The van der Waals surface area contributed by atoms with E-state index in [4.69, 9.17) is 5.10 Å². The molecular formula is C31H29N5O. The summed E-state index contributed by atoms with van der Waals surface area (Å²) in [6, 6.07) is 30.2. The van der Waals surface area contributed by atoms with Gasteiger partial charge in [0.2, 0.25) is 0 Å². The quantitative estimate of drug-likeness (QED) is 0.307. The van der Waals surface area contributed by atoms with Crippen LogP contribution in [0.5, 0.6) is 0 Å². The average molecular weight is 488 g/mol. The number of hydrogen-bond acceptors (Lipinski definition) is 2. The Kier molecular flexibility index (Phi) is 5.64. The molecule has 2 aromatic heterocycles. The van der Waals surface area contributed by atoms with Crippen molar-refractivity contribution < 1.29 is 4.79 Å². The Hall–Kier alpha value is -4.58. The van der Waals surface area contributed by atoms with E-state index < -0.39 is 0 Å². The summed E-state index contributed by atoms with van der Waals surface area (Å²) in [6.07, 6.45) is 2.07. The highest BCUT2D eigenvalue weighted by molar-refractivity contribution is 5.91. The fraction of sp³-hybridized carbons (Fsp3) is 0.161. The van der Waals surface area contributed by atoms with Crippen molar-refractivity contribution in [2.24, 2.45) is 0 Å². The second kappa shape index (κ2) is 9.13. The van der Waals surface area contributed by atoms with Gasteiger partial charge in [-0.2, -0.15) is 5.10 Å². The lowest BCUT2D eigenvalue weighted by atomic mass is 10.0. The van der Waals surface area contributed by atoms with Crippen LogP contribution in [0.3, 0.4) is 0 Å². The van der Waals surface area contributed by atoms with E-state index in [0.717, 1.165) is 45.3 Å². The number of nitrogens with zero attached hydrogens (tertiary/aromatic N) is 4. The molecule has 0 saturated carbocycles. The molecule has 0 radical (unpaired) electrons. The van der Waals surface area contributed by atoms with Gasteiger partial charge in [0.25, 0.3) is 0 Å². The molecular weight excluding hydrogens is 458 g/mol. The highest BCUT2D eigenvalue weighted by Crippen LogP contribution is 2.38. The Bertz CT molecular complexity index is 1580. The van der Waals surface area contributed by atoms with Crippen LogP contribution in [0.15, 0.2) is 97.2 Å². The van der Waals surface area contributed by atoms with Crippen LogP contribution in [-0.2, 0) is 6.54 Å². The van der Waals surface area contributed by atoms with Crippen molar-refractivity contribution in [3.8, 4) is 11.5 Å². The Morgan fingerprint density at radius 2 is 1.62 bits per heavy atom. The Labute approximate surface area is 216 Å². The number of urea groups is 1. The predicted octanol–water partition coefficient (Wildman–Crippen LogP) is 6.73. The number of fused-ring (bicyclic) bond motifs is 3. The summed E-state index contributed by atoms with van der Waals surface area (Å²) in [5, 5.41) is 8.12. The summed E-state index contributed by atoms with van der Waals surface area (Å²) < 4.78 is 4.17. The summed E-state index contributed by atoms with van der Waals surface area (Å²) in [4.78, 5) is 16.0. The Morgan fingerprint density at radius 1 is 0.892 bits per heavy atom. The van der Waals surface area contributed by atoms with Crippen molar-refractivity contribution in [3.05, 3.63) is 131 Å². The van der Waals surface area contributed by atoms with Crippen molar-refractivity contribution in [1.29, 1.82) is 0 Å². The average Bonchev–Trinajstić information content (AvgIpc) is 3.47. The van der Waals surface area contributed by atoms with E-state index in [0.29, 0.717) is 6.54 Å². The Balaban J connectivity index is 1.53. The molecule has 184 valence electrons. The first-order valence-corrected chi connectivity index (χ1v) is 12.5. The first-order chi connectivity index (χ1) is 18.0. The van der Waals surface area contributed by atoms with E-state index in [1.165, 1.54) is 5.56 Å². The fourth-order valence-electron chi connectivity index (χ4n) is 5.28. The van der Waals surface area contributed by atoms with Gasteiger partial charge in [0.15, 0.2) is 0 Å². The van der Waals surface area contributed by atoms with Crippen LogP contribution in [0.4, 0.5) is 10.5 Å². The zero-order valence-corrected chi connectivity index (χ0v) is 21.2. The number of amides is 2. The highest BCUT2D eigenvalue weighted by Gasteiger charge is 2.36. The van der Waals surface area contributed by atoms with E-state index >= 15 is 0 Å². The highest BCUT2D eigenvalue weighted by atomic mass is 16.2. The lowest BCUT2D eigenvalue weighted by molar-refractivity contribution is 0.194. The van der Waals surface area contributed by atoms with E-state index in [-0.39, 0.29) is 12.1 Å². The van der Waals surface area contributed by atoms with Gasteiger partial charge in [0.1, 0.15) is 5.82 Å². The lowest BCUT2D eigenvalue weighted by Gasteiger charge is -2.31. The van der Waals surface area contributed by atoms with Gasteiger partial charge in [-0.3, -0.25) is 0 Å². The third-order valence-electron chi connectivity index (χ3n) is 7.09. The SMILES string of the molecule is Cc1ccc(NC(=O)N2Cc3c(C)nn(-c4ccccc4)c3-n3cccc3C2c2ccccc2)c(C)c1. The monoisotopic (exact) mass is 487 g/mol. The van der Waals surface area contributed by atoms with E-state index in [2.05, 4.69) is 59.4 Å². The van der Waals surface area contributed by atoms with Crippen LogP contribution >= 0.6 is 0 Å². The van der Waals surface area contributed by atoms with E-state index in [1.54, 1.807) is 0 Å². The second-order valence-electron chi connectivity index (χ2n) is 9.63. The van der Waals surface area contributed by atoms with Crippen LogP contribution in [0.1, 0.15) is 39.7 Å². The topological polar surface area (TPSA) is 55.1 Å². The maximum absolute atomic E-state index is 14.0. The minimum absolute atomic E-state index is 0.145. The third kappa shape index (κ3) is 4.00. The largest absolute Gasteiger partial charge is 0.322 e. The fourth-order valence-corrected chi connectivity index (χ4v) is 5.28. The third-order valence-corrected chi connectivity index (χ3v) is 7.09. The molecule has 37 heavy (non-hydrogen) atoms. The van der Waals surface area contributed by atoms with Gasteiger partial charge in [-0.25, -0.2) is 9.48 Å². The number of carbonyl (C=O) groups is 1. The van der Waals surface area contributed by atoms with Gasteiger partial charge in [0, 0.05) is 17.4 Å². The van der Waals surface area contributed by atoms with Crippen molar-refractivity contribution in [1.82, 2.24) is 19.2 Å². The zero-order chi connectivity index (χ0) is 25.5. The number of nitrogens with one attached hydrogen (secondary N) is 1. The molecule has 6 nitrogen and oxygen atoms in total. The Morgan fingerprint density at radius 3 is 2.35 bits per heavy atom. The van der Waals surface area contributed by atoms with Gasteiger partial charge in [0.05, 0.1) is 29.7 Å². The molecule has 2 amide bonds. The first-order valence-electron chi connectivity index (χ1n) is 12.5. The molecule has 1 N–H and O–H groups in total. The number of aromatic nitrogens is 3. The minimum atomic E-state index is -0.280. The van der Waals surface area contributed by atoms with Gasteiger partial charge < -0.3 is 14.8 Å². The number of benzene rings is 3. The molecule has 0 fully saturated rings. The molecule has 0 spiro atoms. The molecule has 3 heterocycles. The maximum atomic E-state index is 14.0. The molecule has 0 aliphatic carbocycles. The maximum Gasteiger partial charge on any atom is 0.322 e. The standard InChI is InChI=1S/C31H29N5O/c1-21-16-17-27(22(2)19-21)32-31(37)35-20-26-23(3)33-36(25-13-8-5-9-14-25)30(26)34-18-10-15-28(34)29(35)24-11-6-4-7-12-24/h4-19,29H,20H2,1-3H3,(H,32,37). The summed E-state index contributed by atoms with van der Waals surface area (Å²) >= 11 is 0. The zero-order valence-electron chi connectivity index (χ0n) is 21.2. The minimum Gasteiger partial charge on any atom is -0.308 e.